The predicted molar refractivity (Wildman–Crippen MR) is 134 cm³/mol. The van der Waals surface area contributed by atoms with Crippen molar-refractivity contribution in [3.05, 3.63) is 47.6 Å². The average molecular weight is 463 g/mol. The van der Waals surface area contributed by atoms with Crippen molar-refractivity contribution in [3.63, 3.8) is 0 Å². The Bertz CT molecular complexity index is 808. The van der Waals surface area contributed by atoms with Crippen molar-refractivity contribution in [2.75, 3.05) is 7.11 Å². The van der Waals surface area contributed by atoms with E-state index in [1.165, 1.54) is 6.08 Å². The number of nitrogens with zero attached hydrogens (tertiary/aromatic N) is 2. The Morgan fingerprint density at radius 3 is 1.72 bits per heavy atom. The molecule has 1 aromatic rings. The number of allylic oxidation sites excluding steroid dienone is 1. The van der Waals surface area contributed by atoms with Gasteiger partial charge in [0.1, 0.15) is 5.75 Å². The summed E-state index contributed by atoms with van der Waals surface area (Å²) in [5, 5.41) is 0.443. The van der Waals surface area contributed by atoms with Crippen LogP contribution in [0.25, 0.3) is 5.03 Å². The lowest BCUT2D eigenvalue weighted by Gasteiger charge is -2.31. The normalized spacial score (nSPS) is 12.7. The average Bonchev–Trinajstić information content (AvgIpc) is 2.69. The number of methoxy groups -OCH3 is 1. The minimum absolute atomic E-state index is 0.0293. The van der Waals surface area contributed by atoms with Gasteiger partial charge in [-0.3, -0.25) is 9.59 Å². The molecule has 0 saturated carbocycles. The predicted octanol–water partition coefficient (Wildman–Crippen LogP) is 5.88. The molecule has 0 fully saturated rings. The molecule has 32 heavy (non-hydrogen) atoms. The molecule has 0 aliphatic rings. The van der Waals surface area contributed by atoms with Crippen LogP contribution < -0.4 is 4.74 Å². The summed E-state index contributed by atoms with van der Waals surface area (Å²) in [5.74, 6) is 0.582. The van der Waals surface area contributed by atoms with Crippen molar-refractivity contribution in [1.82, 2.24) is 9.80 Å². The lowest BCUT2D eigenvalue weighted by Crippen LogP contribution is -2.42. The summed E-state index contributed by atoms with van der Waals surface area (Å²) in [5.41, 5.74) is 1.37. The second-order valence-electron chi connectivity index (χ2n) is 9.00. The highest BCUT2D eigenvalue weighted by molar-refractivity contribution is 6.49. The van der Waals surface area contributed by atoms with E-state index >= 15 is 0 Å². The van der Waals surface area contributed by atoms with Gasteiger partial charge in [-0.05, 0) is 90.8 Å². The van der Waals surface area contributed by atoms with Gasteiger partial charge < -0.3 is 14.5 Å². The summed E-state index contributed by atoms with van der Waals surface area (Å²) in [7, 11) is 1.60. The zero-order chi connectivity index (χ0) is 24.6. The molecule has 0 heterocycles. The number of hydrogen-bond donors (Lipinski definition) is 0. The quantitative estimate of drug-likeness (QED) is 0.322. The van der Waals surface area contributed by atoms with Crippen molar-refractivity contribution in [2.45, 2.75) is 86.0 Å². The molecule has 0 bridgehead atoms. The van der Waals surface area contributed by atoms with Crippen LogP contribution in [0.15, 0.2) is 42.0 Å². The number of carbonyl (C=O) groups excluding carboxylic acids is 2. The molecule has 0 atom stereocenters. The van der Waals surface area contributed by atoms with Crippen LogP contribution in [-0.4, -0.2) is 52.9 Å². The number of benzene rings is 1. The Balaban J connectivity index is 3.39. The molecule has 0 radical (unpaired) electrons. The van der Waals surface area contributed by atoms with E-state index in [-0.39, 0.29) is 42.4 Å². The first-order valence-corrected chi connectivity index (χ1v) is 11.6. The van der Waals surface area contributed by atoms with E-state index in [2.05, 4.69) is 0 Å². The Hall–Kier alpha value is -2.27. The zero-order valence-electron chi connectivity index (χ0n) is 21.0. The highest BCUT2D eigenvalue weighted by Crippen LogP contribution is 2.28. The van der Waals surface area contributed by atoms with Crippen LogP contribution in [0.4, 0.5) is 0 Å². The molecule has 1 rings (SSSR count). The molecular formula is C26H39ClN2O3. The first-order chi connectivity index (χ1) is 14.9. The lowest BCUT2D eigenvalue weighted by atomic mass is 10.0. The first-order valence-electron chi connectivity index (χ1n) is 11.2. The highest BCUT2D eigenvalue weighted by Gasteiger charge is 2.23. The molecule has 1 aromatic carbocycles. The van der Waals surface area contributed by atoms with Gasteiger partial charge >= 0.3 is 0 Å². The van der Waals surface area contributed by atoms with Crippen molar-refractivity contribution in [3.8, 4) is 5.75 Å². The van der Waals surface area contributed by atoms with Crippen LogP contribution in [-0.2, 0) is 9.59 Å². The Kier molecular flexibility index (Phi) is 11.0. The fourth-order valence-corrected chi connectivity index (χ4v) is 4.18. The summed E-state index contributed by atoms with van der Waals surface area (Å²) in [4.78, 5) is 29.7. The maximum atomic E-state index is 13.2. The number of carbonyl (C=O) groups is 2. The van der Waals surface area contributed by atoms with Crippen molar-refractivity contribution >= 4 is 28.4 Å². The topological polar surface area (TPSA) is 49.9 Å². The van der Waals surface area contributed by atoms with E-state index in [4.69, 9.17) is 16.3 Å². The van der Waals surface area contributed by atoms with Crippen LogP contribution in [0.2, 0.25) is 0 Å². The zero-order valence-corrected chi connectivity index (χ0v) is 21.7. The SMILES string of the molecule is COc1ccc(/C(Cl)=C(\C=C\C(=O)N(C(C)C)C(C)C)CC(=O)N(C(C)C)C(C)C)cc1. The van der Waals surface area contributed by atoms with Crippen molar-refractivity contribution in [1.29, 1.82) is 0 Å². The summed E-state index contributed by atoms with van der Waals surface area (Å²) < 4.78 is 5.22. The highest BCUT2D eigenvalue weighted by atomic mass is 35.5. The Labute approximate surface area is 199 Å². The van der Waals surface area contributed by atoms with Gasteiger partial charge in [-0.25, -0.2) is 0 Å². The number of ether oxygens (including phenoxy) is 1. The van der Waals surface area contributed by atoms with E-state index in [9.17, 15) is 9.59 Å². The molecule has 0 unspecified atom stereocenters. The third-order valence-electron chi connectivity index (χ3n) is 5.16. The van der Waals surface area contributed by atoms with Crippen molar-refractivity contribution in [2.24, 2.45) is 0 Å². The van der Waals surface area contributed by atoms with Gasteiger partial charge in [-0.1, -0.05) is 17.7 Å². The summed E-state index contributed by atoms with van der Waals surface area (Å²) in [6.45, 7) is 15.9. The lowest BCUT2D eigenvalue weighted by molar-refractivity contribution is -0.134. The van der Waals surface area contributed by atoms with E-state index in [1.807, 2.05) is 84.6 Å². The van der Waals surface area contributed by atoms with E-state index in [1.54, 1.807) is 18.1 Å². The molecule has 2 amide bonds. The van der Waals surface area contributed by atoms with Gasteiger partial charge in [-0.15, -0.1) is 0 Å². The number of halogens is 1. The fraction of sp³-hybridized carbons (Fsp3) is 0.538. The van der Waals surface area contributed by atoms with Gasteiger partial charge in [-0.2, -0.15) is 0 Å². The van der Waals surface area contributed by atoms with Gasteiger partial charge in [0.15, 0.2) is 0 Å². The van der Waals surface area contributed by atoms with E-state index in [0.29, 0.717) is 10.6 Å². The number of rotatable bonds is 10. The standard InChI is InChI=1S/C26H39ClN2O3/c1-17(2)28(18(3)4)24(30)15-12-22(16-25(31)29(19(5)6)20(7)8)26(27)21-10-13-23(32-9)14-11-21/h10-15,17-20H,16H2,1-9H3/b15-12+,26-22-. The van der Waals surface area contributed by atoms with E-state index in [0.717, 1.165) is 11.3 Å². The number of hydrogen-bond acceptors (Lipinski definition) is 3. The molecule has 178 valence electrons. The minimum atomic E-state index is -0.108. The Morgan fingerprint density at radius 2 is 1.31 bits per heavy atom. The van der Waals surface area contributed by atoms with Gasteiger partial charge in [0.2, 0.25) is 11.8 Å². The van der Waals surface area contributed by atoms with Crippen LogP contribution in [0, 0.1) is 0 Å². The van der Waals surface area contributed by atoms with Crippen molar-refractivity contribution < 1.29 is 14.3 Å². The maximum Gasteiger partial charge on any atom is 0.247 e. The van der Waals surface area contributed by atoms with Crippen LogP contribution in [0.3, 0.4) is 0 Å². The fourth-order valence-electron chi connectivity index (χ4n) is 3.92. The molecule has 0 aromatic heterocycles. The molecular weight excluding hydrogens is 424 g/mol. The first kappa shape index (κ1) is 27.8. The summed E-state index contributed by atoms with van der Waals surface area (Å²) >= 11 is 6.76. The second kappa shape index (κ2) is 12.7. The minimum Gasteiger partial charge on any atom is -0.497 e. The number of amides is 2. The summed E-state index contributed by atoms with van der Waals surface area (Å²) in [6.07, 6.45) is 3.31. The smallest absolute Gasteiger partial charge is 0.247 e. The van der Waals surface area contributed by atoms with Crippen LogP contribution in [0.5, 0.6) is 5.75 Å². The molecule has 6 heteroatoms. The molecule has 0 saturated heterocycles. The van der Waals surface area contributed by atoms with Crippen LogP contribution in [0.1, 0.15) is 67.4 Å². The summed E-state index contributed by atoms with van der Waals surface area (Å²) in [6, 6.07) is 7.58. The molecule has 0 aliphatic carbocycles. The monoisotopic (exact) mass is 462 g/mol. The van der Waals surface area contributed by atoms with Crippen LogP contribution >= 0.6 is 11.6 Å². The third-order valence-corrected chi connectivity index (χ3v) is 5.62. The maximum absolute atomic E-state index is 13.2. The third kappa shape index (κ3) is 7.70. The Morgan fingerprint density at radius 1 is 0.844 bits per heavy atom. The molecule has 0 N–H and O–H groups in total. The largest absolute Gasteiger partial charge is 0.497 e. The molecule has 0 aliphatic heterocycles. The molecule has 5 nitrogen and oxygen atoms in total. The second-order valence-corrected chi connectivity index (χ2v) is 9.38. The van der Waals surface area contributed by atoms with Gasteiger partial charge in [0.05, 0.1) is 18.6 Å². The molecule has 0 spiro atoms. The van der Waals surface area contributed by atoms with Gasteiger partial charge in [0, 0.05) is 30.2 Å². The van der Waals surface area contributed by atoms with Gasteiger partial charge in [0.25, 0.3) is 0 Å². The van der Waals surface area contributed by atoms with E-state index < -0.39 is 0 Å².